The normalized spacial score (nSPS) is 13.9. The van der Waals surface area contributed by atoms with Crippen molar-refractivity contribution in [3.8, 4) is 5.69 Å². The summed E-state index contributed by atoms with van der Waals surface area (Å²) in [7, 11) is 1.28. The van der Waals surface area contributed by atoms with Gasteiger partial charge in [0.1, 0.15) is 5.57 Å². The maximum atomic E-state index is 11.9. The Morgan fingerprint density at radius 1 is 1.11 bits per heavy atom. The number of hydrogen-bond acceptors (Lipinski definition) is 5. The van der Waals surface area contributed by atoms with Crippen LogP contribution in [0, 0.1) is 13.8 Å². The van der Waals surface area contributed by atoms with Crippen molar-refractivity contribution in [2.45, 2.75) is 13.8 Å². The van der Waals surface area contributed by atoms with Crippen LogP contribution in [0.25, 0.3) is 11.8 Å². The zero-order valence-corrected chi connectivity index (χ0v) is 16.0. The van der Waals surface area contributed by atoms with Gasteiger partial charge in [0.05, 0.1) is 17.7 Å². The SMILES string of the molecule is COC(=O)c1ccc(-n2c(C)cc(C=C3C(=O)NC(=O)NC3=O)c2C)cc1Cl. The molecule has 8 nitrogen and oxygen atoms in total. The van der Waals surface area contributed by atoms with E-state index in [1.165, 1.54) is 13.2 Å². The van der Waals surface area contributed by atoms with Crippen molar-refractivity contribution >= 4 is 41.5 Å². The molecule has 1 aliphatic rings. The van der Waals surface area contributed by atoms with E-state index < -0.39 is 23.8 Å². The number of nitrogens with zero attached hydrogens (tertiary/aromatic N) is 1. The number of rotatable bonds is 3. The van der Waals surface area contributed by atoms with E-state index in [1.54, 1.807) is 24.3 Å². The van der Waals surface area contributed by atoms with E-state index in [4.69, 9.17) is 11.6 Å². The molecule has 2 heterocycles. The van der Waals surface area contributed by atoms with Gasteiger partial charge in [-0.25, -0.2) is 9.59 Å². The largest absolute Gasteiger partial charge is 0.465 e. The first-order valence-corrected chi connectivity index (χ1v) is 8.56. The number of methoxy groups -OCH3 is 1. The third-order valence-electron chi connectivity index (χ3n) is 4.33. The van der Waals surface area contributed by atoms with E-state index in [9.17, 15) is 19.2 Å². The topological polar surface area (TPSA) is 106 Å². The number of carbonyl (C=O) groups excluding carboxylic acids is 4. The molecule has 0 bridgehead atoms. The molecule has 2 N–H and O–H groups in total. The van der Waals surface area contributed by atoms with E-state index in [-0.39, 0.29) is 16.2 Å². The predicted molar refractivity (Wildman–Crippen MR) is 101 cm³/mol. The minimum atomic E-state index is -0.849. The van der Waals surface area contributed by atoms with E-state index in [0.29, 0.717) is 11.3 Å². The number of ether oxygens (including phenoxy) is 1. The minimum absolute atomic E-state index is 0.168. The number of aryl methyl sites for hydroxylation is 1. The molecule has 144 valence electrons. The van der Waals surface area contributed by atoms with Gasteiger partial charge in [0.15, 0.2) is 0 Å². The molecule has 28 heavy (non-hydrogen) atoms. The standard InChI is InChI=1S/C19H16ClN3O5/c1-9-6-11(7-14-16(24)21-19(27)22-17(14)25)10(2)23(9)12-4-5-13(15(20)8-12)18(26)28-3/h4-8H,1-3H3,(H2,21,22,24,25,27). The molecule has 0 saturated carbocycles. The van der Waals surface area contributed by atoms with Crippen molar-refractivity contribution in [1.29, 1.82) is 0 Å². The molecular weight excluding hydrogens is 386 g/mol. The van der Waals surface area contributed by atoms with Crippen molar-refractivity contribution in [1.82, 2.24) is 15.2 Å². The molecule has 0 unspecified atom stereocenters. The fraction of sp³-hybridized carbons (Fsp3) is 0.158. The lowest BCUT2D eigenvalue weighted by atomic mass is 10.1. The second-order valence-electron chi connectivity index (χ2n) is 6.11. The molecule has 2 aromatic rings. The summed E-state index contributed by atoms with van der Waals surface area (Å²) in [5.41, 5.74) is 2.96. The summed E-state index contributed by atoms with van der Waals surface area (Å²) in [6, 6.07) is 5.85. The van der Waals surface area contributed by atoms with Crippen molar-refractivity contribution < 1.29 is 23.9 Å². The van der Waals surface area contributed by atoms with Gasteiger partial charge in [-0.3, -0.25) is 20.2 Å². The third-order valence-corrected chi connectivity index (χ3v) is 4.64. The summed E-state index contributed by atoms with van der Waals surface area (Å²) in [5, 5.41) is 4.31. The number of hydrogen-bond donors (Lipinski definition) is 2. The Hall–Kier alpha value is -3.39. The number of nitrogens with one attached hydrogen (secondary N) is 2. The number of imide groups is 2. The summed E-state index contributed by atoms with van der Waals surface area (Å²) >= 11 is 6.21. The highest BCUT2D eigenvalue weighted by Crippen LogP contribution is 2.27. The van der Waals surface area contributed by atoms with E-state index in [2.05, 4.69) is 4.74 Å². The van der Waals surface area contributed by atoms with Crippen LogP contribution in [0.3, 0.4) is 0 Å². The maximum absolute atomic E-state index is 11.9. The summed E-state index contributed by atoms with van der Waals surface area (Å²) in [6.45, 7) is 3.66. The first-order valence-electron chi connectivity index (χ1n) is 8.18. The number of esters is 1. The minimum Gasteiger partial charge on any atom is -0.465 e. The van der Waals surface area contributed by atoms with Crippen molar-refractivity contribution in [3.05, 3.63) is 57.4 Å². The smallest absolute Gasteiger partial charge is 0.339 e. The molecule has 0 atom stereocenters. The van der Waals surface area contributed by atoms with Crippen LogP contribution in [0.5, 0.6) is 0 Å². The highest BCUT2D eigenvalue weighted by molar-refractivity contribution is 6.33. The number of urea groups is 1. The lowest BCUT2D eigenvalue weighted by molar-refractivity contribution is -0.123. The monoisotopic (exact) mass is 401 g/mol. The molecular formula is C19H16ClN3O5. The van der Waals surface area contributed by atoms with Gasteiger partial charge in [-0.2, -0.15) is 0 Å². The zero-order chi connectivity index (χ0) is 20.6. The van der Waals surface area contributed by atoms with Crippen LogP contribution < -0.4 is 10.6 Å². The molecule has 1 aromatic heterocycles. The Labute approximate surface area is 165 Å². The van der Waals surface area contributed by atoms with Crippen LogP contribution >= 0.6 is 11.6 Å². The number of aromatic nitrogens is 1. The van der Waals surface area contributed by atoms with Gasteiger partial charge < -0.3 is 9.30 Å². The summed E-state index contributed by atoms with van der Waals surface area (Å²) in [4.78, 5) is 46.8. The molecule has 0 spiro atoms. The van der Waals surface area contributed by atoms with Crippen molar-refractivity contribution in [2.75, 3.05) is 7.11 Å². The van der Waals surface area contributed by atoms with Crippen LogP contribution in [0.4, 0.5) is 4.79 Å². The third kappa shape index (κ3) is 3.41. The summed E-state index contributed by atoms with van der Waals surface area (Å²) < 4.78 is 6.55. The fourth-order valence-electron chi connectivity index (χ4n) is 3.01. The number of barbiturate groups is 1. The molecule has 1 saturated heterocycles. The van der Waals surface area contributed by atoms with E-state index in [1.807, 2.05) is 29.0 Å². The van der Waals surface area contributed by atoms with Crippen molar-refractivity contribution in [2.24, 2.45) is 0 Å². The average Bonchev–Trinajstić information content (AvgIpc) is 2.90. The number of benzene rings is 1. The van der Waals surface area contributed by atoms with E-state index in [0.717, 1.165) is 11.4 Å². The van der Waals surface area contributed by atoms with Crippen LogP contribution in [0.2, 0.25) is 5.02 Å². The fourth-order valence-corrected chi connectivity index (χ4v) is 3.26. The lowest BCUT2D eigenvalue weighted by Gasteiger charge is -2.14. The Morgan fingerprint density at radius 3 is 2.32 bits per heavy atom. The van der Waals surface area contributed by atoms with Gasteiger partial charge in [-0.1, -0.05) is 11.6 Å². The van der Waals surface area contributed by atoms with Crippen LogP contribution in [0.1, 0.15) is 27.3 Å². The first-order chi connectivity index (χ1) is 13.2. The summed E-state index contributed by atoms with van der Waals surface area (Å²) in [6.07, 6.45) is 1.42. The van der Waals surface area contributed by atoms with Gasteiger partial charge in [-0.05, 0) is 49.8 Å². The molecule has 1 aliphatic heterocycles. The molecule has 1 fully saturated rings. The first kappa shape index (κ1) is 19.4. The second-order valence-corrected chi connectivity index (χ2v) is 6.52. The van der Waals surface area contributed by atoms with Gasteiger partial charge in [0, 0.05) is 17.1 Å². The maximum Gasteiger partial charge on any atom is 0.339 e. The molecule has 9 heteroatoms. The highest BCUT2D eigenvalue weighted by Gasteiger charge is 2.28. The predicted octanol–water partition coefficient (Wildman–Crippen LogP) is 2.28. The van der Waals surface area contributed by atoms with Gasteiger partial charge in [0.25, 0.3) is 11.8 Å². The van der Waals surface area contributed by atoms with Crippen LogP contribution in [-0.2, 0) is 14.3 Å². The Bertz CT molecular complexity index is 1050. The molecule has 0 radical (unpaired) electrons. The van der Waals surface area contributed by atoms with Crippen LogP contribution in [0.15, 0.2) is 29.8 Å². The number of halogens is 1. The van der Waals surface area contributed by atoms with Crippen molar-refractivity contribution in [3.63, 3.8) is 0 Å². The molecule has 3 rings (SSSR count). The van der Waals surface area contributed by atoms with Gasteiger partial charge >= 0.3 is 12.0 Å². The Kier molecular flexibility index (Phi) is 5.06. The Morgan fingerprint density at radius 2 is 1.75 bits per heavy atom. The quantitative estimate of drug-likeness (QED) is 0.466. The average molecular weight is 402 g/mol. The molecule has 4 amide bonds. The van der Waals surface area contributed by atoms with Gasteiger partial charge in [-0.15, -0.1) is 0 Å². The van der Waals surface area contributed by atoms with Crippen LogP contribution in [-0.4, -0.2) is 35.5 Å². The summed E-state index contributed by atoms with van der Waals surface area (Å²) in [5.74, 6) is -2.06. The second kappa shape index (κ2) is 7.32. The lowest BCUT2D eigenvalue weighted by Crippen LogP contribution is -2.51. The van der Waals surface area contributed by atoms with E-state index >= 15 is 0 Å². The molecule has 0 aliphatic carbocycles. The molecule has 1 aromatic carbocycles. The number of amides is 4. The van der Waals surface area contributed by atoms with Gasteiger partial charge in [0.2, 0.25) is 0 Å². The zero-order valence-electron chi connectivity index (χ0n) is 15.3. The highest BCUT2D eigenvalue weighted by atomic mass is 35.5. The Balaban J connectivity index is 2.04. The number of carbonyl (C=O) groups is 4.